The number of likely N-dealkylation sites (tertiary alicyclic amines) is 1. The Hall–Kier alpha value is -2.53. The largest absolute Gasteiger partial charge is 0.496 e. The maximum atomic E-state index is 13.0. The van der Waals surface area contributed by atoms with Crippen LogP contribution in [0.3, 0.4) is 0 Å². The lowest BCUT2D eigenvalue weighted by molar-refractivity contribution is 0.0683. The lowest BCUT2D eigenvalue weighted by Gasteiger charge is -2.39. The molecule has 1 atom stereocenters. The van der Waals surface area contributed by atoms with E-state index in [9.17, 15) is 4.79 Å². The highest BCUT2D eigenvalue weighted by Gasteiger charge is 2.34. The first-order valence-electron chi connectivity index (χ1n) is 10.1. The van der Waals surface area contributed by atoms with Crippen molar-refractivity contribution < 1.29 is 14.3 Å². The minimum Gasteiger partial charge on any atom is -0.496 e. The molecule has 2 aliphatic rings. The highest BCUT2D eigenvalue weighted by atomic mass is 16.6. The van der Waals surface area contributed by atoms with Gasteiger partial charge in [0.15, 0.2) is 0 Å². The van der Waals surface area contributed by atoms with E-state index in [-0.39, 0.29) is 12.1 Å². The Balaban J connectivity index is 1.55. The summed E-state index contributed by atoms with van der Waals surface area (Å²) in [7, 11) is 1.71. The number of carbonyl (C=O) groups excluding carboxylic acids is 1. The SMILES string of the molecule is COc1cccc2c1CCN(C(=O)OCc1ccccc1)C2CN1CCCC1. The molecule has 1 amide bonds. The topological polar surface area (TPSA) is 42.0 Å². The van der Waals surface area contributed by atoms with Crippen molar-refractivity contribution in [1.29, 1.82) is 0 Å². The van der Waals surface area contributed by atoms with E-state index >= 15 is 0 Å². The molecule has 1 saturated heterocycles. The van der Waals surface area contributed by atoms with Gasteiger partial charge in [-0.3, -0.25) is 4.90 Å². The summed E-state index contributed by atoms with van der Waals surface area (Å²) in [6, 6.07) is 16.0. The summed E-state index contributed by atoms with van der Waals surface area (Å²) in [5.74, 6) is 0.918. The Morgan fingerprint density at radius 1 is 1.04 bits per heavy atom. The Labute approximate surface area is 166 Å². The first-order valence-corrected chi connectivity index (χ1v) is 10.1. The molecule has 148 valence electrons. The Morgan fingerprint density at radius 2 is 1.82 bits per heavy atom. The van der Waals surface area contributed by atoms with Gasteiger partial charge in [-0.05, 0) is 49.5 Å². The van der Waals surface area contributed by atoms with Crippen LogP contribution in [0.5, 0.6) is 5.75 Å². The molecule has 0 spiro atoms. The summed E-state index contributed by atoms with van der Waals surface area (Å²) in [4.78, 5) is 17.3. The van der Waals surface area contributed by atoms with E-state index in [0.717, 1.165) is 37.4 Å². The first kappa shape index (κ1) is 18.8. The molecule has 4 rings (SSSR count). The molecule has 0 bridgehead atoms. The highest BCUT2D eigenvalue weighted by molar-refractivity contribution is 5.69. The molecule has 5 heteroatoms. The van der Waals surface area contributed by atoms with Crippen molar-refractivity contribution in [2.75, 3.05) is 33.3 Å². The molecule has 0 N–H and O–H groups in total. The van der Waals surface area contributed by atoms with Crippen molar-refractivity contribution in [3.05, 3.63) is 65.2 Å². The van der Waals surface area contributed by atoms with Crippen LogP contribution in [0.25, 0.3) is 0 Å². The predicted octanol–water partition coefficient (Wildman–Crippen LogP) is 4.03. The van der Waals surface area contributed by atoms with Crippen LogP contribution >= 0.6 is 0 Å². The fraction of sp³-hybridized carbons (Fsp3) is 0.435. The van der Waals surface area contributed by atoms with E-state index in [0.29, 0.717) is 13.2 Å². The third-order valence-corrected chi connectivity index (χ3v) is 5.80. The van der Waals surface area contributed by atoms with Gasteiger partial charge in [0, 0.05) is 18.7 Å². The van der Waals surface area contributed by atoms with E-state index in [2.05, 4.69) is 11.0 Å². The Bertz CT molecular complexity index is 803. The van der Waals surface area contributed by atoms with Crippen molar-refractivity contribution in [2.45, 2.75) is 31.9 Å². The zero-order chi connectivity index (χ0) is 19.3. The standard InChI is InChI=1S/C23H28N2O3/c1-27-22-11-7-10-19-20(22)12-15-25(21(19)16-24-13-5-6-14-24)23(26)28-17-18-8-3-2-4-9-18/h2-4,7-11,21H,5-6,12-17H2,1H3. The third kappa shape index (κ3) is 3.99. The average Bonchev–Trinajstić information content (AvgIpc) is 3.25. The van der Waals surface area contributed by atoms with E-state index in [1.54, 1.807) is 7.11 Å². The number of hydrogen-bond acceptors (Lipinski definition) is 4. The van der Waals surface area contributed by atoms with Gasteiger partial charge < -0.3 is 14.4 Å². The summed E-state index contributed by atoms with van der Waals surface area (Å²) in [6.45, 7) is 4.00. The molecule has 5 nitrogen and oxygen atoms in total. The molecular formula is C23H28N2O3. The number of ether oxygens (including phenoxy) is 2. The molecule has 0 aliphatic carbocycles. The summed E-state index contributed by atoms with van der Waals surface area (Å²) in [5, 5.41) is 0. The van der Waals surface area contributed by atoms with Crippen LogP contribution in [0.4, 0.5) is 4.79 Å². The van der Waals surface area contributed by atoms with Crippen LogP contribution in [0.1, 0.15) is 35.6 Å². The van der Waals surface area contributed by atoms with Gasteiger partial charge in [-0.25, -0.2) is 4.79 Å². The summed E-state index contributed by atoms with van der Waals surface area (Å²) in [5.41, 5.74) is 3.42. The fourth-order valence-corrected chi connectivity index (χ4v) is 4.34. The molecular weight excluding hydrogens is 352 g/mol. The van der Waals surface area contributed by atoms with Crippen molar-refractivity contribution in [3.8, 4) is 5.75 Å². The van der Waals surface area contributed by atoms with Gasteiger partial charge in [0.25, 0.3) is 0 Å². The normalized spacial score (nSPS) is 19.3. The number of fused-ring (bicyclic) bond motifs is 1. The maximum Gasteiger partial charge on any atom is 0.410 e. The van der Waals surface area contributed by atoms with E-state index in [1.807, 2.05) is 47.4 Å². The molecule has 1 fully saturated rings. The smallest absolute Gasteiger partial charge is 0.410 e. The van der Waals surface area contributed by atoms with Crippen LogP contribution in [-0.4, -0.2) is 49.2 Å². The molecule has 1 unspecified atom stereocenters. The fourth-order valence-electron chi connectivity index (χ4n) is 4.34. The van der Waals surface area contributed by atoms with E-state index in [4.69, 9.17) is 9.47 Å². The molecule has 0 saturated carbocycles. The second-order valence-electron chi connectivity index (χ2n) is 7.54. The highest BCUT2D eigenvalue weighted by Crippen LogP contribution is 2.36. The zero-order valence-electron chi connectivity index (χ0n) is 16.5. The quantitative estimate of drug-likeness (QED) is 0.785. The Morgan fingerprint density at radius 3 is 2.57 bits per heavy atom. The monoisotopic (exact) mass is 380 g/mol. The third-order valence-electron chi connectivity index (χ3n) is 5.80. The molecule has 0 aromatic heterocycles. The number of nitrogens with zero attached hydrogens (tertiary/aromatic N) is 2. The van der Waals surface area contributed by atoms with E-state index in [1.165, 1.54) is 24.0 Å². The first-order chi connectivity index (χ1) is 13.8. The summed E-state index contributed by atoms with van der Waals surface area (Å²) < 4.78 is 11.3. The van der Waals surface area contributed by atoms with Crippen LogP contribution in [0.2, 0.25) is 0 Å². The van der Waals surface area contributed by atoms with Gasteiger partial charge in [-0.15, -0.1) is 0 Å². The molecule has 2 aromatic carbocycles. The zero-order valence-corrected chi connectivity index (χ0v) is 16.5. The minimum atomic E-state index is -0.235. The molecule has 0 radical (unpaired) electrons. The van der Waals surface area contributed by atoms with Gasteiger partial charge in [0.1, 0.15) is 12.4 Å². The van der Waals surface area contributed by atoms with Crippen LogP contribution in [0.15, 0.2) is 48.5 Å². The van der Waals surface area contributed by atoms with E-state index < -0.39 is 0 Å². The van der Waals surface area contributed by atoms with Crippen LogP contribution in [-0.2, 0) is 17.8 Å². The molecule has 2 aromatic rings. The van der Waals surface area contributed by atoms with Crippen molar-refractivity contribution in [2.24, 2.45) is 0 Å². The maximum absolute atomic E-state index is 13.0. The number of amides is 1. The molecule has 2 heterocycles. The number of hydrogen-bond donors (Lipinski definition) is 0. The van der Waals surface area contributed by atoms with Crippen molar-refractivity contribution in [3.63, 3.8) is 0 Å². The lowest BCUT2D eigenvalue weighted by atomic mass is 9.91. The summed E-state index contributed by atoms with van der Waals surface area (Å²) in [6.07, 6.45) is 3.02. The van der Waals surface area contributed by atoms with Gasteiger partial charge in [-0.1, -0.05) is 42.5 Å². The van der Waals surface area contributed by atoms with Crippen LogP contribution < -0.4 is 4.74 Å². The second kappa shape index (κ2) is 8.65. The number of rotatable bonds is 5. The molecule has 2 aliphatic heterocycles. The average molecular weight is 380 g/mol. The van der Waals surface area contributed by atoms with Gasteiger partial charge >= 0.3 is 6.09 Å². The number of methoxy groups -OCH3 is 1. The number of benzene rings is 2. The van der Waals surface area contributed by atoms with Gasteiger partial charge in [0.2, 0.25) is 0 Å². The number of carbonyl (C=O) groups is 1. The van der Waals surface area contributed by atoms with Crippen molar-refractivity contribution in [1.82, 2.24) is 9.80 Å². The second-order valence-corrected chi connectivity index (χ2v) is 7.54. The van der Waals surface area contributed by atoms with Crippen LogP contribution in [0, 0.1) is 0 Å². The predicted molar refractivity (Wildman–Crippen MR) is 108 cm³/mol. The van der Waals surface area contributed by atoms with Gasteiger partial charge in [0.05, 0.1) is 13.2 Å². The minimum absolute atomic E-state index is 0.000207. The van der Waals surface area contributed by atoms with Gasteiger partial charge in [-0.2, -0.15) is 0 Å². The van der Waals surface area contributed by atoms with Crippen molar-refractivity contribution >= 4 is 6.09 Å². The Kier molecular flexibility index (Phi) is 5.81. The summed E-state index contributed by atoms with van der Waals surface area (Å²) >= 11 is 0. The lowest BCUT2D eigenvalue weighted by Crippen LogP contribution is -2.45. The molecule has 28 heavy (non-hydrogen) atoms.